The fourth-order valence-electron chi connectivity index (χ4n) is 1.97. The fraction of sp³-hybridized carbons (Fsp3) is 0.312. The smallest absolute Gasteiger partial charge is 0.0959 e. The van der Waals surface area contributed by atoms with Crippen molar-refractivity contribution < 1.29 is 5.11 Å². The summed E-state index contributed by atoms with van der Waals surface area (Å²) in [4.78, 5) is 4.25. The average Bonchev–Trinajstić information content (AvgIpc) is 2.40. The second kappa shape index (κ2) is 6.31. The third kappa shape index (κ3) is 3.67. The number of aliphatic hydroxyl groups excluding tert-OH is 1. The summed E-state index contributed by atoms with van der Waals surface area (Å²) in [5.41, 5.74) is 3.21. The summed E-state index contributed by atoms with van der Waals surface area (Å²) < 4.78 is 0. The van der Waals surface area contributed by atoms with Crippen LogP contribution in [0.4, 0.5) is 0 Å². The van der Waals surface area contributed by atoms with Crippen molar-refractivity contribution in [3.63, 3.8) is 0 Å². The molecule has 0 amide bonds. The number of nitrogens with zero attached hydrogens (tertiary/aromatic N) is 1. The molecule has 1 aromatic heterocycles. The van der Waals surface area contributed by atoms with E-state index >= 15 is 0 Å². The number of aliphatic hydroxyl groups is 1. The van der Waals surface area contributed by atoms with Gasteiger partial charge in [0.1, 0.15) is 0 Å². The average molecular weight is 241 g/mol. The maximum Gasteiger partial charge on any atom is 0.0959 e. The van der Waals surface area contributed by atoms with Crippen LogP contribution >= 0.6 is 0 Å². The van der Waals surface area contributed by atoms with E-state index in [1.165, 1.54) is 5.56 Å². The van der Waals surface area contributed by atoms with Crippen LogP contribution in [0.2, 0.25) is 0 Å². The minimum atomic E-state index is -0.450. The second-order valence-electron chi connectivity index (χ2n) is 4.65. The van der Waals surface area contributed by atoms with E-state index in [0.29, 0.717) is 0 Å². The van der Waals surface area contributed by atoms with Gasteiger partial charge in [-0.3, -0.25) is 4.98 Å². The molecule has 0 bridgehead atoms. The van der Waals surface area contributed by atoms with Crippen LogP contribution in [0.15, 0.2) is 48.7 Å². The van der Waals surface area contributed by atoms with Crippen molar-refractivity contribution in [3.8, 4) is 0 Å². The molecule has 0 fully saturated rings. The second-order valence-corrected chi connectivity index (χ2v) is 4.65. The molecule has 0 aliphatic heterocycles. The predicted molar refractivity (Wildman–Crippen MR) is 73.3 cm³/mol. The van der Waals surface area contributed by atoms with Crippen molar-refractivity contribution >= 4 is 0 Å². The minimum Gasteiger partial charge on any atom is -0.387 e. The molecule has 0 aliphatic carbocycles. The fourth-order valence-corrected chi connectivity index (χ4v) is 1.97. The first-order valence-electron chi connectivity index (χ1n) is 6.40. The molecule has 0 radical (unpaired) electrons. The van der Waals surface area contributed by atoms with E-state index in [4.69, 9.17) is 0 Å². The van der Waals surface area contributed by atoms with Crippen molar-refractivity contribution in [2.24, 2.45) is 0 Å². The van der Waals surface area contributed by atoms with Crippen LogP contribution in [-0.4, -0.2) is 10.1 Å². The summed E-state index contributed by atoms with van der Waals surface area (Å²) in [6.45, 7) is 2.00. The SMILES string of the molecule is Cc1ccc(C(O)CCCc2ccccc2)nc1. The van der Waals surface area contributed by atoms with Gasteiger partial charge in [-0.15, -0.1) is 0 Å². The summed E-state index contributed by atoms with van der Waals surface area (Å²) in [5, 5.41) is 10.0. The zero-order chi connectivity index (χ0) is 12.8. The first kappa shape index (κ1) is 12.8. The first-order chi connectivity index (χ1) is 8.75. The molecule has 1 heterocycles. The first-order valence-corrected chi connectivity index (χ1v) is 6.40. The Labute approximate surface area is 108 Å². The van der Waals surface area contributed by atoms with Gasteiger partial charge in [0.2, 0.25) is 0 Å². The monoisotopic (exact) mass is 241 g/mol. The highest BCUT2D eigenvalue weighted by molar-refractivity contribution is 5.15. The van der Waals surface area contributed by atoms with E-state index in [1.807, 2.05) is 37.3 Å². The van der Waals surface area contributed by atoms with Crippen molar-refractivity contribution in [1.82, 2.24) is 4.98 Å². The largest absolute Gasteiger partial charge is 0.387 e. The molecule has 1 unspecified atom stereocenters. The number of rotatable bonds is 5. The van der Waals surface area contributed by atoms with E-state index in [9.17, 15) is 5.11 Å². The van der Waals surface area contributed by atoms with Crippen molar-refractivity contribution in [2.75, 3.05) is 0 Å². The Balaban J connectivity index is 1.81. The highest BCUT2D eigenvalue weighted by Gasteiger charge is 2.08. The zero-order valence-corrected chi connectivity index (χ0v) is 10.7. The molecule has 1 atom stereocenters. The van der Waals surface area contributed by atoms with Gasteiger partial charge in [0, 0.05) is 6.20 Å². The Kier molecular flexibility index (Phi) is 4.48. The Morgan fingerprint density at radius 1 is 1.11 bits per heavy atom. The van der Waals surface area contributed by atoms with Crippen LogP contribution in [-0.2, 0) is 6.42 Å². The van der Waals surface area contributed by atoms with E-state index in [1.54, 1.807) is 6.20 Å². The highest BCUT2D eigenvalue weighted by atomic mass is 16.3. The Bertz CT molecular complexity index is 464. The molecule has 0 saturated carbocycles. The summed E-state index contributed by atoms with van der Waals surface area (Å²) in [5.74, 6) is 0. The van der Waals surface area contributed by atoms with E-state index in [-0.39, 0.29) is 0 Å². The van der Waals surface area contributed by atoms with Crippen LogP contribution in [0.5, 0.6) is 0 Å². The zero-order valence-electron chi connectivity index (χ0n) is 10.7. The molecular weight excluding hydrogens is 222 g/mol. The lowest BCUT2D eigenvalue weighted by atomic mass is 10.0. The Morgan fingerprint density at radius 3 is 2.56 bits per heavy atom. The Morgan fingerprint density at radius 2 is 1.89 bits per heavy atom. The Hall–Kier alpha value is -1.67. The molecular formula is C16H19NO. The molecule has 1 aromatic carbocycles. The van der Waals surface area contributed by atoms with Gasteiger partial charge in [-0.25, -0.2) is 0 Å². The minimum absolute atomic E-state index is 0.450. The molecule has 2 nitrogen and oxygen atoms in total. The van der Waals surface area contributed by atoms with Gasteiger partial charge in [-0.2, -0.15) is 0 Å². The van der Waals surface area contributed by atoms with Gasteiger partial charge < -0.3 is 5.11 Å². The summed E-state index contributed by atoms with van der Waals surface area (Å²) in [7, 11) is 0. The number of aryl methyl sites for hydroxylation is 2. The van der Waals surface area contributed by atoms with Crippen LogP contribution < -0.4 is 0 Å². The van der Waals surface area contributed by atoms with Crippen molar-refractivity contribution in [2.45, 2.75) is 32.3 Å². The molecule has 94 valence electrons. The quantitative estimate of drug-likeness (QED) is 0.869. The molecule has 1 N–H and O–H groups in total. The van der Waals surface area contributed by atoms with Gasteiger partial charge in [0.15, 0.2) is 0 Å². The van der Waals surface area contributed by atoms with Crippen molar-refractivity contribution in [3.05, 3.63) is 65.5 Å². The molecule has 0 spiro atoms. The lowest BCUT2D eigenvalue weighted by molar-refractivity contribution is 0.160. The van der Waals surface area contributed by atoms with Gasteiger partial charge in [-0.05, 0) is 43.4 Å². The third-order valence-corrected chi connectivity index (χ3v) is 3.06. The molecule has 0 aliphatic rings. The summed E-state index contributed by atoms with van der Waals surface area (Å²) in [6.07, 6.45) is 4.08. The maximum absolute atomic E-state index is 10.0. The summed E-state index contributed by atoms with van der Waals surface area (Å²) >= 11 is 0. The van der Waals surface area contributed by atoms with Crippen LogP contribution in [0, 0.1) is 6.92 Å². The molecule has 2 aromatic rings. The van der Waals surface area contributed by atoms with Gasteiger partial charge in [-0.1, -0.05) is 36.4 Å². The normalized spacial score (nSPS) is 12.3. The van der Waals surface area contributed by atoms with E-state index in [0.717, 1.165) is 30.5 Å². The summed E-state index contributed by atoms with van der Waals surface area (Å²) in [6, 6.07) is 14.3. The predicted octanol–water partition coefficient (Wildman–Crippen LogP) is 3.45. The van der Waals surface area contributed by atoms with Crippen LogP contribution in [0.3, 0.4) is 0 Å². The van der Waals surface area contributed by atoms with Gasteiger partial charge in [0.25, 0.3) is 0 Å². The molecule has 2 rings (SSSR count). The van der Waals surface area contributed by atoms with E-state index in [2.05, 4.69) is 17.1 Å². The molecule has 0 saturated heterocycles. The number of hydrogen-bond acceptors (Lipinski definition) is 2. The lowest BCUT2D eigenvalue weighted by Gasteiger charge is -2.10. The standard InChI is InChI=1S/C16H19NO/c1-13-10-11-15(17-12-13)16(18)9-5-8-14-6-3-2-4-7-14/h2-4,6-7,10-12,16,18H,5,8-9H2,1H3. The number of benzene rings is 1. The molecule has 18 heavy (non-hydrogen) atoms. The van der Waals surface area contributed by atoms with Crippen LogP contribution in [0.25, 0.3) is 0 Å². The number of aromatic nitrogens is 1. The maximum atomic E-state index is 10.0. The topological polar surface area (TPSA) is 33.1 Å². The highest BCUT2D eigenvalue weighted by Crippen LogP contribution is 2.17. The van der Waals surface area contributed by atoms with Gasteiger partial charge >= 0.3 is 0 Å². The van der Waals surface area contributed by atoms with Gasteiger partial charge in [0.05, 0.1) is 11.8 Å². The number of pyridine rings is 1. The molecule has 2 heteroatoms. The van der Waals surface area contributed by atoms with E-state index < -0.39 is 6.10 Å². The third-order valence-electron chi connectivity index (χ3n) is 3.06. The van der Waals surface area contributed by atoms with Crippen LogP contribution in [0.1, 0.15) is 35.8 Å². The number of hydrogen-bond donors (Lipinski definition) is 1. The van der Waals surface area contributed by atoms with Crippen molar-refractivity contribution in [1.29, 1.82) is 0 Å². The lowest BCUT2D eigenvalue weighted by Crippen LogP contribution is -2.01.